The number of hydrogen-bond acceptors (Lipinski definition) is 4. The van der Waals surface area contributed by atoms with Gasteiger partial charge in [0.2, 0.25) is 5.91 Å². The van der Waals surface area contributed by atoms with E-state index >= 15 is 0 Å². The summed E-state index contributed by atoms with van der Waals surface area (Å²) in [5.41, 5.74) is -0.958. The molecular weight excluding hydrogens is 278 g/mol. The van der Waals surface area contributed by atoms with E-state index in [0.29, 0.717) is 0 Å². The van der Waals surface area contributed by atoms with Gasteiger partial charge in [-0.3, -0.25) is 18.7 Å². The molecule has 2 aromatic rings. The van der Waals surface area contributed by atoms with Crippen molar-refractivity contribution in [3.05, 3.63) is 55.4 Å². The highest BCUT2D eigenvalue weighted by atomic mass is 32.1. The van der Waals surface area contributed by atoms with E-state index in [1.165, 1.54) is 42.1 Å². The second kappa shape index (κ2) is 5.70. The van der Waals surface area contributed by atoms with Crippen LogP contribution in [0, 0.1) is 0 Å². The SMILES string of the molecule is Cn1c(NC(=O)/C=C\c2cccs2)cc(=O)n(C)c1=O. The Labute approximate surface area is 118 Å². The number of nitrogens with zero attached hydrogens (tertiary/aromatic N) is 2. The maximum atomic E-state index is 11.7. The van der Waals surface area contributed by atoms with Crippen LogP contribution in [0.2, 0.25) is 0 Å². The zero-order valence-electron chi connectivity index (χ0n) is 11.0. The lowest BCUT2D eigenvalue weighted by Crippen LogP contribution is -2.37. The first kappa shape index (κ1) is 14.0. The summed E-state index contributed by atoms with van der Waals surface area (Å²) in [6.07, 6.45) is 3.02. The first-order valence-electron chi connectivity index (χ1n) is 5.78. The molecule has 0 aliphatic carbocycles. The van der Waals surface area contributed by atoms with Gasteiger partial charge in [-0.1, -0.05) is 6.07 Å². The van der Waals surface area contributed by atoms with Crippen LogP contribution in [-0.2, 0) is 18.9 Å². The van der Waals surface area contributed by atoms with Crippen molar-refractivity contribution in [2.75, 3.05) is 5.32 Å². The number of nitrogens with one attached hydrogen (secondary N) is 1. The molecule has 104 valence electrons. The van der Waals surface area contributed by atoms with Gasteiger partial charge < -0.3 is 5.32 Å². The van der Waals surface area contributed by atoms with Crippen molar-refractivity contribution in [1.82, 2.24) is 9.13 Å². The van der Waals surface area contributed by atoms with Crippen molar-refractivity contribution in [1.29, 1.82) is 0 Å². The molecule has 0 saturated carbocycles. The average molecular weight is 291 g/mol. The van der Waals surface area contributed by atoms with Gasteiger partial charge in [-0.05, 0) is 17.5 Å². The van der Waals surface area contributed by atoms with E-state index in [1.807, 2.05) is 17.5 Å². The van der Waals surface area contributed by atoms with Crippen LogP contribution in [0.3, 0.4) is 0 Å². The predicted molar refractivity (Wildman–Crippen MR) is 78.9 cm³/mol. The summed E-state index contributed by atoms with van der Waals surface area (Å²) in [5.74, 6) is -0.236. The van der Waals surface area contributed by atoms with Gasteiger partial charge >= 0.3 is 5.69 Å². The van der Waals surface area contributed by atoms with Crippen LogP contribution < -0.4 is 16.6 Å². The van der Waals surface area contributed by atoms with Crippen molar-refractivity contribution in [3.8, 4) is 0 Å². The van der Waals surface area contributed by atoms with Crippen molar-refractivity contribution < 1.29 is 4.79 Å². The highest BCUT2D eigenvalue weighted by Crippen LogP contribution is 2.10. The number of hydrogen-bond donors (Lipinski definition) is 1. The molecule has 2 heterocycles. The van der Waals surface area contributed by atoms with E-state index in [4.69, 9.17) is 0 Å². The highest BCUT2D eigenvalue weighted by Gasteiger charge is 2.07. The third-order valence-electron chi connectivity index (χ3n) is 2.72. The third kappa shape index (κ3) is 2.94. The second-order valence-corrected chi connectivity index (χ2v) is 5.09. The van der Waals surface area contributed by atoms with E-state index in [-0.39, 0.29) is 5.82 Å². The number of carbonyl (C=O) groups is 1. The molecule has 0 aliphatic heterocycles. The Morgan fingerprint density at radius 3 is 2.70 bits per heavy atom. The smallest absolute Gasteiger partial charge is 0.308 e. The number of amides is 1. The summed E-state index contributed by atoms with van der Waals surface area (Å²) in [4.78, 5) is 35.9. The molecule has 0 aliphatic rings. The first-order chi connectivity index (χ1) is 9.49. The van der Waals surface area contributed by atoms with E-state index in [0.717, 1.165) is 9.44 Å². The normalized spacial score (nSPS) is 10.9. The van der Waals surface area contributed by atoms with Gasteiger partial charge in [0.25, 0.3) is 5.56 Å². The van der Waals surface area contributed by atoms with Gasteiger partial charge in [0, 0.05) is 31.1 Å². The van der Waals surface area contributed by atoms with Crippen molar-refractivity contribution >= 4 is 29.1 Å². The minimum atomic E-state index is -0.491. The largest absolute Gasteiger partial charge is 0.332 e. The van der Waals surface area contributed by atoms with E-state index in [1.54, 1.807) is 6.08 Å². The number of thiophene rings is 1. The standard InChI is InChI=1S/C13H13N3O3S/c1-15-10(8-12(18)16(2)13(15)19)14-11(17)6-5-9-4-3-7-20-9/h3-8H,1-2H3,(H,14,17)/b6-5-. The van der Waals surface area contributed by atoms with Crippen LogP contribution in [0.15, 0.2) is 39.2 Å². The molecule has 7 heteroatoms. The fraction of sp³-hybridized carbons (Fsp3) is 0.154. The Bertz CT molecular complexity index is 769. The summed E-state index contributed by atoms with van der Waals surface area (Å²) in [7, 11) is 2.87. The maximum Gasteiger partial charge on any atom is 0.332 e. The molecule has 2 aromatic heterocycles. The van der Waals surface area contributed by atoms with E-state index in [9.17, 15) is 14.4 Å². The molecule has 1 N–H and O–H groups in total. The van der Waals surface area contributed by atoms with Crippen molar-refractivity contribution in [2.24, 2.45) is 14.1 Å². The van der Waals surface area contributed by atoms with Crippen molar-refractivity contribution in [3.63, 3.8) is 0 Å². The molecule has 0 unspecified atom stereocenters. The number of carbonyl (C=O) groups excluding carboxylic acids is 1. The Hall–Kier alpha value is -2.41. The summed E-state index contributed by atoms with van der Waals surface area (Å²) in [6.45, 7) is 0. The van der Waals surface area contributed by atoms with Gasteiger partial charge in [0.1, 0.15) is 5.82 Å². The minimum absolute atomic E-state index is 0.166. The Morgan fingerprint density at radius 1 is 1.30 bits per heavy atom. The van der Waals surface area contributed by atoms with E-state index < -0.39 is 17.2 Å². The Morgan fingerprint density at radius 2 is 2.05 bits per heavy atom. The number of aromatic nitrogens is 2. The fourth-order valence-corrected chi connectivity index (χ4v) is 2.18. The summed E-state index contributed by atoms with van der Waals surface area (Å²) >= 11 is 1.51. The highest BCUT2D eigenvalue weighted by molar-refractivity contribution is 7.10. The summed E-state index contributed by atoms with van der Waals surface area (Å²) < 4.78 is 2.18. The Balaban J connectivity index is 2.21. The lowest BCUT2D eigenvalue weighted by atomic mass is 10.4. The zero-order valence-corrected chi connectivity index (χ0v) is 11.8. The van der Waals surface area contributed by atoms with Gasteiger partial charge in [-0.25, -0.2) is 4.79 Å². The van der Waals surface area contributed by atoms with Crippen LogP contribution in [-0.4, -0.2) is 15.0 Å². The van der Waals surface area contributed by atoms with Gasteiger partial charge in [0.05, 0.1) is 0 Å². The van der Waals surface area contributed by atoms with Gasteiger partial charge in [-0.2, -0.15) is 0 Å². The van der Waals surface area contributed by atoms with Crippen LogP contribution in [0.1, 0.15) is 4.88 Å². The van der Waals surface area contributed by atoms with Gasteiger partial charge in [0.15, 0.2) is 0 Å². The molecule has 0 spiro atoms. The molecule has 0 aromatic carbocycles. The molecule has 1 amide bonds. The molecule has 0 saturated heterocycles. The number of anilines is 1. The lowest BCUT2D eigenvalue weighted by Gasteiger charge is -2.09. The first-order valence-corrected chi connectivity index (χ1v) is 6.66. The van der Waals surface area contributed by atoms with Crippen LogP contribution >= 0.6 is 11.3 Å². The maximum absolute atomic E-state index is 11.7. The Kier molecular flexibility index (Phi) is 3.99. The summed E-state index contributed by atoms with van der Waals surface area (Å²) in [6, 6.07) is 4.97. The monoisotopic (exact) mass is 291 g/mol. The van der Waals surface area contributed by atoms with Crippen molar-refractivity contribution in [2.45, 2.75) is 0 Å². The minimum Gasteiger partial charge on any atom is -0.308 e. The zero-order chi connectivity index (χ0) is 14.7. The van der Waals surface area contributed by atoms with Crippen LogP contribution in [0.5, 0.6) is 0 Å². The quantitative estimate of drug-likeness (QED) is 0.850. The molecular formula is C13H13N3O3S. The molecule has 0 radical (unpaired) electrons. The molecule has 2 rings (SSSR count). The molecule has 0 bridgehead atoms. The fourth-order valence-electron chi connectivity index (χ4n) is 1.56. The second-order valence-electron chi connectivity index (χ2n) is 4.11. The average Bonchev–Trinajstić information content (AvgIpc) is 2.93. The van der Waals surface area contributed by atoms with Crippen LogP contribution in [0.25, 0.3) is 6.08 Å². The lowest BCUT2D eigenvalue weighted by molar-refractivity contribution is -0.111. The molecule has 6 nitrogen and oxygen atoms in total. The molecule has 0 fully saturated rings. The molecule has 0 atom stereocenters. The van der Waals surface area contributed by atoms with E-state index in [2.05, 4.69) is 5.32 Å². The van der Waals surface area contributed by atoms with Gasteiger partial charge in [-0.15, -0.1) is 11.3 Å². The third-order valence-corrected chi connectivity index (χ3v) is 3.56. The topological polar surface area (TPSA) is 73.1 Å². The van der Waals surface area contributed by atoms with Crippen LogP contribution in [0.4, 0.5) is 5.82 Å². The predicted octanol–water partition coefficient (Wildman–Crippen LogP) is 0.797. The molecule has 20 heavy (non-hydrogen) atoms. The summed E-state index contributed by atoms with van der Waals surface area (Å²) in [5, 5.41) is 4.41. The number of rotatable bonds is 3.